The fourth-order valence-electron chi connectivity index (χ4n) is 4.27. The summed E-state index contributed by atoms with van der Waals surface area (Å²) in [5.41, 5.74) is 0.468. The van der Waals surface area contributed by atoms with E-state index < -0.39 is 11.7 Å². The molecule has 0 saturated heterocycles. The molecule has 1 saturated carbocycles. The van der Waals surface area contributed by atoms with E-state index in [-0.39, 0.29) is 18.0 Å². The molecule has 0 aromatic heterocycles. The quantitative estimate of drug-likeness (QED) is 0.355. The second kappa shape index (κ2) is 11.9. The van der Waals surface area contributed by atoms with Crippen LogP contribution in [-0.2, 0) is 14.2 Å². The van der Waals surface area contributed by atoms with Crippen molar-refractivity contribution >= 4 is 0 Å². The van der Waals surface area contributed by atoms with Crippen LogP contribution in [-0.4, -0.2) is 26.6 Å². The van der Waals surface area contributed by atoms with Crippen molar-refractivity contribution in [2.75, 3.05) is 20.3 Å². The zero-order valence-electron chi connectivity index (χ0n) is 18.1. The number of hydrogen-bond acceptors (Lipinski definition) is 3. The van der Waals surface area contributed by atoms with E-state index in [2.05, 4.69) is 6.92 Å². The van der Waals surface area contributed by atoms with Gasteiger partial charge in [-0.1, -0.05) is 46.0 Å². The second-order valence-electron chi connectivity index (χ2n) is 8.44. The zero-order chi connectivity index (χ0) is 20.5. The lowest BCUT2D eigenvalue weighted by atomic mass is 9.80. The first-order valence-corrected chi connectivity index (χ1v) is 11.0. The highest BCUT2D eigenvalue weighted by Crippen LogP contribution is 2.36. The van der Waals surface area contributed by atoms with Crippen molar-refractivity contribution in [1.29, 1.82) is 0 Å². The molecule has 2 aliphatic rings. The predicted molar refractivity (Wildman–Crippen MR) is 108 cm³/mol. The molecule has 0 aromatic carbocycles. The molecule has 0 bridgehead atoms. The molecule has 0 heterocycles. The van der Waals surface area contributed by atoms with Crippen LogP contribution < -0.4 is 0 Å². The molecule has 2 rings (SSSR count). The maximum atomic E-state index is 14.2. The molecule has 2 aliphatic carbocycles. The molecule has 2 unspecified atom stereocenters. The number of methoxy groups -OCH3 is 1. The lowest BCUT2D eigenvalue weighted by Crippen LogP contribution is -2.24. The van der Waals surface area contributed by atoms with Gasteiger partial charge >= 0.3 is 0 Å². The van der Waals surface area contributed by atoms with Gasteiger partial charge in [0.2, 0.25) is 0 Å². The zero-order valence-corrected chi connectivity index (χ0v) is 18.1. The highest BCUT2D eigenvalue weighted by atomic mass is 19.2. The van der Waals surface area contributed by atoms with Crippen LogP contribution in [0, 0.1) is 17.8 Å². The Hall–Kier alpha value is -0.940. The van der Waals surface area contributed by atoms with E-state index in [4.69, 9.17) is 14.2 Å². The number of allylic oxidation sites excluding steroid dienone is 3. The summed E-state index contributed by atoms with van der Waals surface area (Å²) in [6.45, 7) is 7.05. The van der Waals surface area contributed by atoms with E-state index in [9.17, 15) is 8.78 Å². The number of ether oxygens (including phenoxy) is 3. The van der Waals surface area contributed by atoms with E-state index in [1.165, 1.54) is 52.1 Å². The molecule has 0 radical (unpaired) electrons. The molecular formula is C23H38F2O3. The monoisotopic (exact) mass is 400 g/mol. The first-order chi connectivity index (χ1) is 13.5. The summed E-state index contributed by atoms with van der Waals surface area (Å²) in [7, 11) is 1.37. The van der Waals surface area contributed by atoms with Crippen LogP contribution in [0.5, 0.6) is 0 Å². The third-order valence-corrected chi connectivity index (χ3v) is 6.26. The summed E-state index contributed by atoms with van der Waals surface area (Å²) >= 11 is 0. The number of rotatable bonds is 11. The first-order valence-electron chi connectivity index (χ1n) is 11.0. The van der Waals surface area contributed by atoms with Gasteiger partial charge in [0.15, 0.2) is 17.9 Å². The van der Waals surface area contributed by atoms with Crippen LogP contribution in [0.2, 0.25) is 0 Å². The van der Waals surface area contributed by atoms with Gasteiger partial charge in [0.25, 0.3) is 0 Å². The molecule has 0 aromatic rings. The van der Waals surface area contributed by atoms with E-state index in [0.29, 0.717) is 30.9 Å². The summed E-state index contributed by atoms with van der Waals surface area (Å²) < 4.78 is 44.7. The molecule has 2 atom stereocenters. The summed E-state index contributed by atoms with van der Waals surface area (Å²) in [5, 5.41) is 0. The third kappa shape index (κ3) is 6.84. The minimum atomic E-state index is -0.866. The normalized spacial score (nSPS) is 25.8. The van der Waals surface area contributed by atoms with Gasteiger partial charge in [-0.05, 0) is 43.6 Å². The number of unbranched alkanes of at least 4 members (excludes halogenated alkanes) is 1. The van der Waals surface area contributed by atoms with Crippen molar-refractivity contribution in [2.45, 2.75) is 84.8 Å². The van der Waals surface area contributed by atoms with Crippen LogP contribution in [0.1, 0.15) is 78.6 Å². The molecule has 0 aliphatic heterocycles. The molecule has 5 heteroatoms. The molecule has 0 spiro atoms. The molecule has 162 valence electrons. The van der Waals surface area contributed by atoms with Crippen molar-refractivity contribution in [2.24, 2.45) is 17.8 Å². The van der Waals surface area contributed by atoms with Crippen LogP contribution in [0.3, 0.4) is 0 Å². The summed E-state index contributed by atoms with van der Waals surface area (Å²) in [5.74, 6) is -0.231. The Morgan fingerprint density at radius 3 is 2.29 bits per heavy atom. The largest absolute Gasteiger partial charge is 0.498 e. The number of halogens is 2. The Balaban J connectivity index is 1.68. The standard InChI is InChI=1S/C23H38F2O3/c1-5-6-7-18-8-10-19(11-9-18)15-28-17(3)27-14-16(2)20-12-13-21(26-4)23(25)22(20)24/h16-19H,5-15H2,1-4H3. The fourth-order valence-corrected chi connectivity index (χ4v) is 4.27. The van der Waals surface area contributed by atoms with Gasteiger partial charge in [-0.3, -0.25) is 0 Å². The molecule has 0 N–H and O–H groups in total. The summed E-state index contributed by atoms with van der Waals surface area (Å²) in [6.07, 6.45) is 9.63. The van der Waals surface area contributed by atoms with E-state index in [1.807, 2.05) is 13.8 Å². The van der Waals surface area contributed by atoms with Crippen LogP contribution in [0.15, 0.2) is 23.0 Å². The van der Waals surface area contributed by atoms with Gasteiger partial charge in [-0.15, -0.1) is 0 Å². The Kier molecular flexibility index (Phi) is 9.93. The van der Waals surface area contributed by atoms with Gasteiger partial charge in [-0.2, -0.15) is 0 Å². The van der Waals surface area contributed by atoms with Crippen molar-refractivity contribution < 1.29 is 23.0 Å². The van der Waals surface area contributed by atoms with Crippen molar-refractivity contribution in [1.82, 2.24) is 0 Å². The van der Waals surface area contributed by atoms with Crippen molar-refractivity contribution in [3.05, 3.63) is 23.0 Å². The van der Waals surface area contributed by atoms with E-state index >= 15 is 0 Å². The summed E-state index contributed by atoms with van der Waals surface area (Å²) in [4.78, 5) is 0. The Morgan fingerprint density at radius 1 is 0.964 bits per heavy atom. The van der Waals surface area contributed by atoms with E-state index in [0.717, 1.165) is 12.5 Å². The fraction of sp³-hybridized carbons (Fsp3) is 0.826. The summed E-state index contributed by atoms with van der Waals surface area (Å²) in [6, 6.07) is 0. The first kappa shape index (κ1) is 23.3. The minimum absolute atomic E-state index is 0.0930. The minimum Gasteiger partial charge on any atom is -0.498 e. The number of hydrogen-bond donors (Lipinski definition) is 0. The van der Waals surface area contributed by atoms with Gasteiger partial charge < -0.3 is 14.2 Å². The molecule has 28 heavy (non-hydrogen) atoms. The van der Waals surface area contributed by atoms with Crippen molar-refractivity contribution in [3.63, 3.8) is 0 Å². The van der Waals surface area contributed by atoms with Gasteiger partial charge in [-0.25, -0.2) is 8.78 Å². The maximum absolute atomic E-state index is 14.2. The van der Waals surface area contributed by atoms with Gasteiger partial charge in [0, 0.05) is 12.3 Å². The average molecular weight is 401 g/mol. The smallest absolute Gasteiger partial charge is 0.196 e. The third-order valence-electron chi connectivity index (χ3n) is 6.26. The van der Waals surface area contributed by atoms with Gasteiger partial charge in [0.05, 0.1) is 20.3 Å². The molecular weight excluding hydrogens is 362 g/mol. The predicted octanol–water partition coefficient (Wildman–Crippen LogP) is 6.84. The van der Waals surface area contributed by atoms with Crippen LogP contribution >= 0.6 is 0 Å². The second-order valence-corrected chi connectivity index (χ2v) is 8.44. The van der Waals surface area contributed by atoms with Gasteiger partial charge in [0.1, 0.15) is 5.76 Å². The Morgan fingerprint density at radius 2 is 1.64 bits per heavy atom. The SMILES string of the molecule is CCCCC1CCC(COC(C)OCC(C)C2=C(F)C(F)=C(OC)CC2)CC1. The lowest BCUT2D eigenvalue weighted by molar-refractivity contribution is -0.145. The topological polar surface area (TPSA) is 27.7 Å². The molecule has 1 fully saturated rings. The highest BCUT2D eigenvalue weighted by Gasteiger charge is 2.27. The molecule has 0 amide bonds. The van der Waals surface area contributed by atoms with Crippen LogP contribution in [0.4, 0.5) is 8.78 Å². The van der Waals surface area contributed by atoms with Crippen LogP contribution in [0.25, 0.3) is 0 Å². The average Bonchev–Trinajstić information content (AvgIpc) is 2.71. The molecule has 3 nitrogen and oxygen atoms in total. The van der Waals surface area contributed by atoms with Crippen molar-refractivity contribution in [3.8, 4) is 0 Å². The Labute approximate surface area is 169 Å². The maximum Gasteiger partial charge on any atom is 0.196 e. The van der Waals surface area contributed by atoms with E-state index in [1.54, 1.807) is 0 Å². The Bertz CT molecular complexity index is 536. The highest BCUT2D eigenvalue weighted by molar-refractivity contribution is 5.33. The lowest BCUT2D eigenvalue weighted by Gasteiger charge is -2.29.